The molecular formula is C20H28ClN5O2. The van der Waals surface area contributed by atoms with Gasteiger partial charge in [-0.3, -0.25) is 14.3 Å². The van der Waals surface area contributed by atoms with Crippen LogP contribution < -0.4 is 16.0 Å². The summed E-state index contributed by atoms with van der Waals surface area (Å²) in [5.74, 6) is -0.425. The number of nitrogens with one attached hydrogen (secondary N) is 3. The summed E-state index contributed by atoms with van der Waals surface area (Å²) in [6.45, 7) is 7.50. The third kappa shape index (κ3) is 5.33. The van der Waals surface area contributed by atoms with Gasteiger partial charge in [-0.25, -0.2) is 0 Å². The first-order valence-electron chi connectivity index (χ1n) is 9.43. The number of halogens is 1. The lowest BCUT2D eigenvalue weighted by atomic mass is 10.1. The number of hydrogen-bond donors (Lipinski definition) is 3. The summed E-state index contributed by atoms with van der Waals surface area (Å²) < 4.78 is 1.87. The number of aryl methyl sites for hydroxylation is 1. The monoisotopic (exact) mass is 405 g/mol. The number of anilines is 2. The quantitative estimate of drug-likeness (QED) is 0.711. The maximum Gasteiger partial charge on any atom is 0.276 e. The molecule has 2 amide bonds. The van der Waals surface area contributed by atoms with Crippen LogP contribution in [0.1, 0.15) is 48.8 Å². The molecule has 1 atom stereocenters. The lowest BCUT2D eigenvalue weighted by molar-refractivity contribution is -0.118. The van der Waals surface area contributed by atoms with Gasteiger partial charge in [0.05, 0.1) is 6.04 Å². The van der Waals surface area contributed by atoms with Gasteiger partial charge in [-0.2, -0.15) is 5.10 Å². The largest absolute Gasteiger partial charge is 0.326 e. The molecule has 0 bridgehead atoms. The first-order valence-corrected chi connectivity index (χ1v) is 9.43. The molecule has 7 nitrogen and oxygen atoms in total. The first-order chi connectivity index (χ1) is 12.9. The topological polar surface area (TPSA) is 88.0 Å². The molecule has 1 aliphatic heterocycles. The van der Waals surface area contributed by atoms with E-state index >= 15 is 0 Å². The predicted octanol–water partition coefficient (Wildman–Crippen LogP) is 3.38. The second-order valence-electron chi connectivity index (χ2n) is 7.31. The van der Waals surface area contributed by atoms with Gasteiger partial charge in [0.15, 0.2) is 5.69 Å². The number of aromatic nitrogens is 2. The Morgan fingerprint density at radius 3 is 2.71 bits per heavy atom. The molecule has 8 heteroatoms. The number of amides is 2. The average molecular weight is 406 g/mol. The highest BCUT2D eigenvalue weighted by molar-refractivity contribution is 6.03. The van der Waals surface area contributed by atoms with Gasteiger partial charge in [0.2, 0.25) is 5.91 Å². The Labute approximate surface area is 171 Å². The Balaban J connectivity index is 0.00000280. The summed E-state index contributed by atoms with van der Waals surface area (Å²) in [4.78, 5) is 24.5. The summed E-state index contributed by atoms with van der Waals surface area (Å²) in [5, 5.41) is 13.6. The molecule has 0 spiro atoms. The van der Waals surface area contributed by atoms with Crippen molar-refractivity contribution in [2.24, 2.45) is 5.92 Å². The molecule has 1 saturated heterocycles. The molecule has 0 radical (unpaired) electrons. The minimum Gasteiger partial charge on any atom is -0.326 e. The molecule has 1 unspecified atom stereocenters. The van der Waals surface area contributed by atoms with E-state index in [4.69, 9.17) is 0 Å². The number of carbonyl (C=O) groups excluding carboxylic acids is 2. The van der Waals surface area contributed by atoms with Crippen LogP contribution >= 0.6 is 12.4 Å². The second-order valence-corrected chi connectivity index (χ2v) is 7.31. The summed E-state index contributed by atoms with van der Waals surface area (Å²) in [6, 6.07) is 7.50. The number of nitrogens with zero attached hydrogens (tertiary/aromatic N) is 2. The van der Waals surface area contributed by atoms with E-state index in [1.54, 1.807) is 12.1 Å². The maximum absolute atomic E-state index is 12.6. The third-order valence-electron chi connectivity index (χ3n) is 4.76. The molecule has 2 aromatic rings. The number of piperidine rings is 1. The van der Waals surface area contributed by atoms with Gasteiger partial charge in [0, 0.05) is 30.0 Å². The van der Waals surface area contributed by atoms with Crippen molar-refractivity contribution in [2.75, 3.05) is 23.7 Å². The van der Waals surface area contributed by atoms with Gasteiger partial charge < -0.3 is 16.0 Å². The molecule has 1 aromatic heterocycles. The molecule has 0 saturated carbocycles. The van der Waals surface area contributed by atoms with Gasteiger partial charge >= 0.3 is 0 Å². The van der Waals surface area contributed by atoms with Gasteiger partial charge in [-0.1, -0.05) is 19.9 Å². The molecule has 1 fully saturated rings. The van der Waals surface area contributed by atoms with E-state index in [1.807, 2.05) is 43.8 Å². The van der Waals surface area contributed by atoms with Crippen molar-refractivity contribution in [3.05, 3.63) is 41.7 Å². The number of carbonyl (C=O) groups is 2. The van der Waals surface area contributed by atoms with Crippen LogP contribution in [0.3, 0.4) is 0 Å². The van der Waals surface area contributed by atoms with Crippen LogP contribution in [0.4, 0.5) is 11.4 Å². The highest BCUT2D eigenvalue weighted by Gasteiger charge is 2.18. The van der Waals surface area contributed by atoms with E-state index in [-0.39, 0.29) is 36.2 Å². The summed E-state index contributed by atoms with van der Waals surface area (Å²) in [7, 11) is 0. The minimum atomic E-state index is -0.257. The Kier molecular flexibility index (Phi) is 7.60. The third-order valence-corrected chi connectivity index (χ3v) is 4.76. The first kappa shape index (κ1) is 21.9. The van der Waals surface area contributed by atoms with Crippen molar-refractivity contribution >= 4 is 35.6 Å². The number of rotatable bonds is 5. The van der Waals surface area contributed by atoms with Gasteiger partial charge in [0.1, 0.15) is 0 Å². The molecular weight excluding hydrogens is 378 g/mol. The fourth-order valence-electron chi connectivity index (χ4n) is 3.03. The fraction of sp³-hybridized carbons (Fsp3) is 0.450. The van der Waals surface area contributed by atoms with Gasteiger partial charge in [-0.15, -0.1) is 12.4 Å². The molecule has 3 rings (SSSR count). The number of benzene rings is 1. The predicted molar refractivity (Wildman–Crippen MR) is 113 cm³/mol. The van der Waals surface area contributed by atoms with Gasteiger partial charge in [-0.05, 0) is 50.1 Å². The molecule has 3 N–H and O–H groups in total. The highest BCUT2D eigenvalue weighted by Crippen LogP contribution is 2.22. The lowest BCUT2D eigenvalue weighted by Gasteiger charge is -2.22. The van der Waals surface area contributed by atoms with Crippen LogP contribution in [0.2, 0.25) is 0 Å². The molecule has 2 heterocycles. The average Bonchev–Trinajstić information content (AvgIpc) is 3.15. The van der Waals surface area contributed by atoms with E-state index in [9.17, 15) is 9.59 Å². The van der Waals surface area contributed by atoms with Crippen LogP contribution in [0.5, 0.6) is 0 Å². The number of hydrogen-bond acceptors (Lipinski definition) is 4. The van der Waals surface area contributed by atoms with Crippen molar-refractivity contribution in [3.8, 4) is 0 Å². The smallest absolute Gasteiger partial charge is 0.276 e. The lowest BCUT2D eigenvalue weighted by Crippen LogP contribution is -2.32. The standard InChI is InChI=1S/C20H27N5O2.ClH/c1-13(2)19(26)22-15-7-6-14(3)18(11-15)23-20(27)17-8-10-25(24-17)16-5-4-9-21-12-16;/h6-8,10-11,13,16,21H,4-5,9,12H2,1-3H3,(H,22,26)(H,23,27);1H. The van der Waals surface area contributed by atoms with Crippen molar-refractivity contribution in [1.82, 2.24) is 15.1 Å². The summed E-state index contributed by atoms with van der Waals surface area (Å²) >= 11 is 0. The van der Waals surface area contributed by atoms with Crippen molar-refractivity contribution in [3.63, 3.8) is 0 Å². The van der Waals surface area contributed by atoms with E-state index in [0.29, 0.717) is 17.1 Å². The van der Waals surface area contributed by atoms with Crippen molar-refractivity contribution in [2.45, 2.75) is 39.7 Å². The molecule has 1 aliphatic rings. The van der Waals surface area contributed by atoms with E-state index in [1.165, 1.54) is 0 Å². The fourth-order valence-corrected chi connectivity index (χ4v) is 3.03. The van der Waals surface area contributed by atoms with E-state index in [0.717, 1.165) is 31.5 Å². The minimum absolute atomic E-state index is 0. The van der Waals surface area contributed by atoms with Crippen LogP contribution in [-0.2, 0) is 4.79 Å². The van der Waals surface area contributed by atoms with E-state index < -0.39 is 0 Å². The van der Waals surface area contributed by atoms with Crippen LogP contribution in [0, 0.1) is 12.8 Å². The summed E-state index contributed by atoms with van der Waals surface area (Å²) in [5.41, 5.74) is 2.63. The zero-order chi connectivity index (χ0) is 19.4. The highest BCUT2D eigenvalue weighted by atomic mass is 35.5. The Morgan fingerprint density at radius 2 is 2.04 bits per heavy atom. The Morgan fingerprint density at radius 1 is 1.25 bits per heavy atom. The van der Waals surface area contributed by atoms with Crippen LogP contribution in [0.15, 0.2) is 30.5 Å². The summed E-state index contributed by atoms with van der Waals surface area (Å²) in [6.07, 6.45) is 4.03. The van der Waals surface area contributed by atoms with E-state index in [2.05, 4.69) is 21.0 Å². The van der Waals surface area contributed by atoms with Crippen LogP contribution in [-0.4, -0.2) is 34.7 Å². The Bertz CT molecular complexity index is 828. The van der Waals surface area contributed by atoms with Crippen LogP contribution in [0.25, 0.3) is 0 Å². The normalized spacial score (nSPS) is 16.4. The zero-order valence-electron chi connectivity index (χ0n) is 16.5. The molecule has 0 aliphatic carbocycles. The molecule has 28 heavy (non-hydrogen) atoms. The van der Waals surface area contributed by atoms with Crippen molar-refractivity contribution in [1.29, 1.82) is 0 Å². The SMILES string of the molecule is Cc1ccc(NC(=O)C(C)C)cc1NC(=O)c1ccn(C2CCCNC2)n1.Cl. The Hall–Kier alpha value is -2.38. The van der Waals surface area contributed by atoms with Crippen molar-refractivity contribution < 1.29 is 9.59 Å². The second kappa shape index (κ2) is 9.71. The van der Waals surface area contributed by atoms with Gasteiger partial charge in [0.25, 0.3) is 5.91 Å². The zero-order valence-corrected chi connectivity index (χ0v) is 17.3. The maximum atomic E-state index is 12.6. The molecule has 152 valence electrons. The molecule has 1 aromatic carbocycles.